The molecular formula is C29H44ClIN2O3. The number of unbranched alkanes of at least 4 members (excludes halogenated alkanes) is 9. The van der Waals surface area contributed by atoms with Crippen molar-refractivity contribution in [2.45, 2.75) is 91.0 Å². The van der Waals surface area contributed by atoms with Gasteiger partial charge in [-0.25, -0.2) is 4.57 Å². The van der Waals surface area contributed by atoms with Gasteiger partial charge in [0.15, 0.2) is 19.0 Å². The molecule has 0 aliphatic rings. The highest BCUT2D eigenvalue weighted by molar-refractivity contribution is 6.32. The van der Waals surface area contributed by atoms with Crippen molar-refractivity contribution < 1.29 is 42.8 Å². The fraction of sp³-hybridized carbons (Fsp3) is 0.586. The van der Waals surface area contributed by atoms with Gasteiger partial charge in [-0.15, -0.1) is 0 Å². The van der Waals surface area contributed by atoms with Crippen molar-refractivity contribution in [3.63, 3.8) is 0 Å². The van der Waals surface area contributed by atoms with Gasteiger partial charge in [-0.2, -0.15) is 0 Å². The van der Waals surface area contributed by atoms with Crippen molar-refractivity contribution in [3.8, 4) is 11.5 Å². The third-order valence-electron chi connectivity index (χ3n) is 6.09. The number of aromatic nitrogens is 1. The van der Waals surface area contributed by atoms with Crippen molar-refractivity contribution in [2.75, 3.05) is 19.8 Å². The molecule has 5 nitrogen and oxygen atoms in total. The zero-order valence-electron chi connectivity index (χ0n) is 22.1. The van der Waals surface area contributed by atoms with Crippen LogP contribution in [0, 0.1) is 0 Å². The monoisotopic (exact) mass is 630 g/mol. The molecule has 0 aliphatic heterocycles. The number of nitrogens with zero attached hydrogens (tertiary/aromatic N) is 1. The van der Waals surface area contributed by atoms with Crippen LogP contribution in [0.1, 0.15) is 83.6 Å². The van der Waals surface area contributed by atoms with Crippen LogP contribution in [0.3, 0.4) is 0 Å². The number of amides is 1. The highest BCUT2D eigenvalue weighted by Gasteiger charge is 2.08. The van der Waals surface area contributed by atoms with Gasteiger partial charge in [0.1, 0.15) is 18.0 Å². The molecule has 0 spiro atoms. The lowest BCUT2D eigenvalue weighted by atomic mass is 10.1. The predicted octanol–water partition coefficient (Wildman–Crippen LogP) is 3.69. The van der Waals surface area contributed by atoms with Gasteiger partial charge in [0.05, 0.1) is 11.6 Å². The lowest BCUT2D eigenvalue weighted by molar-refractivity contribution is -0.693. The van der Waals surface area contributed by atoms with E-state index in [1.807, 2.05) is 18.5 Å². The number of carbonyl (C=O) groups excluding carboxylic acids is 1. The van der Waals surface area contributed by atoms with Crippen LogP contribution in [0.5, 0.6) is 11.5 Å². The summed E-state index contributed by atoms with van der Waals surface area (Å²) in [6, 6.07) is 9.50. The Morgan fingerprint density at radius 3 is 2.14 bits per heavy atom. The first-order valence-electron chi connectivity index (χ1n) is 13.4. The van der Waals surface area contributed by atoms with Gasteiger partial charge in [0.25, 0.3) is 5.91 Å². The van der Waals surface area contributed by atoms with E-state index in [-0.39, 0.29) is 36.5 Å². The van der Waals surface area contributed by atoms with Gasteiger partial charge in [0.2, 0.25) is 0 Å². The molecule has 0 fully saturated rings. The van der Waals surface area contributed by atoms with Crippen molar-refractivity contribution in [1.29, 1.82) is 0 Å². The van der Waals surface area contributed by atoms with Gasteiger partial charge in [0, 0.05) is 24.7 Å². The largest absolute Gasteiger partial charge is 1.00 e. The summed E-state index contributed by atoms with van der Waals surface area (Å²) in [7, 11) is 0. The summed E-state index contributed by atoms with van der Waals surface area (Å²) in [6.45, 7) is 6.50. The molecule has 2 rings (SSSR count). The summed E-state index contributed by atoms with van der Waals surface area (Å²) in [6.07, 6.45) is 17.9. The van der Waals surface area contributed by atoms with E-state index in [0.29, 0.717) is 23.9 Å². The number of pyridine rings is 1. The molecule has 1 heterocycles. The fourth-order valence-corrected chi connectivity index (χ4v) is 4.10. The second-order valence-corrected chi connectivity index (χ2v) is 9.46. The second-order valence-electron chi connectivity index (χ2n) is 9.05. The van der Waals surface area contributed by atoms with Crippen LogP contribution in [0.2, 0.25) is 5.02 Å². The summed E-state index contributed by atoms with van der Waals surface area (Å²) in [5, 5.41) is 3.34. The summed E-state index contributed by atoms with van der Waals surface area (Å²) < 4.78 is 13.5. The maximum absolute atomic E-state index is 12.1. The first-order valence-corrected chi connectivity index (χ1v) is 13.8. The maximum Gasteiger partial charge on any atom is 0.257 e. The van der Waals surface area contributed by atoms with Crippen LogP contribution < -0.4 is 43.3 Å². The van der Waals surface area contributed by atoms with Crippen LogP contribution >= 0.6 is 11.6 Å². The number of carbonyl (C=O) groups is 1. The Morgan fingerprint density at radius 2 is 1.53 bits per heavy atom. The molecule has 1 amide bonds. The van der Waals surface area contributed by atoms with Crippen molar-refractivity contribution in [2.24, 2.45) is 0 Å². The first-order chi connectivity index (χ1) is 17.1. The topological polar surface area (TPSA) is 51.4 Å². The van der Waals surface area contributed by atoms with E-state index in [0.717, 1.165) is 25.1 Å². The molecule has 1 aromatic heterocycles. The summed E-state index contributed by atoms with van der Waals surface area (Å²) in [4.78, 5) is 12.1. The van der Waals surface area contributed by atoms with Gasteiger partial charge >= 0.3 is 0 Å². The van der Waals surface area contributed by atoms with Gasteiger partial charge in [-0.3, -0.25) is 4.79 Å². The number of hydrogen-bond donors (Lipinski definition) is 1. The van der Waals surface area contributed by atoms with Crippen LogP contribution in [0.25, 0.3) is 0 Å². The molecule has 0 radical (unpaired) electrons. The van der Waals surface area contributed by atoms with Crippen molar-refractivity contribution >= 4 is 17.5 Å². The molecule has 202 valence electrons. The number of ether oxygens (including phenoxy) is 2. The molecule has 0 bridgehead atoms. The Balaban J connectivity index is 0.00000648. The molecule has 0 saturated carbocycles. The zero-order valence-corrected chi connectivity index (χ0v) is 25.0. The molecule has 0 atom stereocenters. The van der Waals surface area contributed by atoms with Gasteiger partial charge in [-0.1, -0.05) is 76.3 Å². The highest BCUT2D eigenvalue weighted by Crippen LogP contribution is 2.29. The minimum atomic E-state index is -0.165. The van der Waals surface area contributed by atoms with E-state index < -0.39 is 0 Å². The smallest absolute Gasteiger partial charge is 0.257 e. The Bertz CT molecular complexity index is 849. The lowest BCUT2D eigenvalue weighted by Gasteiger charge is -2.11. The standard InChI is InChI=1S/C29H43ClN2O3.HI/c1-3-5-6-7-8-9-10-11-12-13-22-34-26-14-15-28(27(30)23-26)35-24-29(33)31-19-16-25-17-20-32(4-2)21-18-25;/h14-15,17-18,20-21,23H,3-13,16,19,22,24H2,1-2H3;1H. The SMILES string of the molecule is CCCCCCCCCCCCOc1ccc(OCC(=O)NCCc2cc[n+](CC)cc2)c(Cl)c1.[I-]. The molecular weight excluding hydrogens is 587 g/mol. The zero-order chi connectivity index (χ0) is 25.1. The Kier molecular flexibility index (Phi) is 18.5. The van der Waals surface area contributed by atoms with E-state index in [1.165, 1.54) is 63.4 Å². The van der Waals surface area contributed by atoms with Crippen LogP contribution in [0.4, 0.5) is 0 Å². The minimum Gasteiger partial charge on any atom is -1.00 e. The highest BCUT2D eigenvalue weighted by atomic mass is 127. The Hall–Kier alpha value is -1.54. The van der Waals surface area contributed by atoms with Crippen molar-refractivity contribution in [3.05, 3.63) is 53.3 Å². The predicted molar refractivity (Wildman–Crippen MR) is 143 cm³/mol. The van der Waals surface area contributed by atoms with Crippen LogP contribution in [-0.2, 0) is 17.8 Å². The van der Waals surface area contributed by atoms with E-state index in [4.69, 9.17) is 21.1 Å². The van der Waals surface area contributed by atoms with E-state index in [1.54, 1.807) is 12.1 Å². The van der Waals surface area contributed by atoms with Crippen LogP contribution in [-0.4, -0.2) is 25.7 Å². The molecule has 0 aliphatic carbocycles. The number of benzene rings is 1. The molecule has 36 heavy (non-hydrogen) atoms. The number of hydrogen-bond acceptors (Lipinski definition) is 3. The van der Waals surface area contributed by atoms with Gasteiger partial charge in [-0.05, 0) is 37.5 Å². The molecule has 7 heteroatoms. The molecule has 1 N–H and O–H groups in total. The molecule has 0 saturated heterocycles. The number of aryl methyl sites for hydroxylation is 1. The Labute approximate surface area is 240 Å². The average Bonchev–Trinajstić information content (AvgIpc) is 2.87. The number of nitrogens with one attached hydrogen (secondary N) is 1. The van der Waals surface area contributed by atoms with Gasteiger partial charge < -0.3 is 38.8 Å². The number of rotatable bonds is 19. The summed E-state index contributed by atoms with van der Waals surface area (Å²) in [5.41, 5.74) is 1.19. The molecule has 0 unspecified atom stereocenters. The quantitative estimate of drug-likeness (QED) is 0.146. The maximum atomic E-state index is 12.1. The average molecular weight is 631 g/mol. The summed E-state index contributed by atoms with van der Waals surface area (Å²) >= 11 is 6.33. The van der Waals surface area contributed by atoms with Crippen molar-refractivity contribution in [1.82, 2.24) is 5.32 Å². The van der Waals surface area contributed by atoms with E-state index >= 15 is 0 Å². The third kappa shape index (κ3) is 14.3. The Morgan fingerprint density at radius 1 is 0.889 bits per heavy atom. The number of halogens is 2. The lowest BCUT2D eigenvalue weighted by Crippen LogP contribution is -3.00. The summed E-state index contributed by atoms with van der Waals surface area (Å²) in [5.74, 6) is 1.05. The molecule has 2 aromatic rings. The second kappa shape index (κ2) is 20.5. The van der Waals surface area contributed by atoms with E-state index in [2.05, 4.69) is 35.9 Å². The van der Waals surface area contributed by atoms with Crippen LogP contribution in [0.15, 0.2) is 42.7 Å². The molecule has 1 aromatic carbocycles. The fourth-order valence-electron chi connectivity index (χ4n) is 3.87. The van der Waals surface area contributed by atoms with E-state index in [9.17, 15) is 4.79 Å². The minimum absolute atomic E-state index is 0. The third-order valence-corrected chi connectivity index (χ3v) is 6.39. The normalized spacial score (nSPS) is 10.5. The first kappa shape index (κ1) is 32.5.